The van der Waals surface area contributed by atoms with E-state index in [4.69, 9.17) is 4.42 Å². The average molecular weight is 357 g/mol. The summed E-state index contributed by atoms with van der Waals surface area (Å²) >= 11 is 0. The van der Waals surface area contributed by atoms with Gasteiger partial charge < -0.3 is 9.73 Å². The van der Waals surface area contributed by atoms with Crippen molar-refractivity contribution in [1.82, 2.24) is 19.6 Å². The molecule has 0 saturated carbocycles. The van der Waals surface area contributed by atoms with Gasteiger partial charge in [-0.15, -0.1) is 0 Å². The van der Waals surface area contributed by atoms with Crippen molar-refractivity contribution in [2.24, 2.45) is 0 Å². The number of oxazole rings is 1. The maximum atomic E-state index is 12.6. The molecule has 3 heterocycles. The molecule has 7 nitrogen and oxygen atoms in total. The third kappa shape index (κ3) is 3.41. The minimum atomic E-state index is -0.260. The molecule has 4 aromatic rings. The van der Waals surface area contributed by atoms with Gasteiger partial charge in [-0.05, 0) is 50.1 Å². The molecule has 0 unspecified atom stereocenters. The third-order valence-electron chi connectivity index (χ3n) is 3.93. The highest BCUT2D eigenvalue weighted by Crippen LogP contribution is 2.15. The lowest BCUT2D eigenvalue weighted by Crippen LogP contribution is -2.12. The van der Waals surface area contributed by atoms with Gasteiger partial charge in [-0.2, -0.15) is 5.10 Å². The summed E-state index contributed by atoms with van der Waals surface area (Å²) in [5, 5.41) is 7.11. The number of hydrogen-bond acceptors (Lipinski definition) is 5. The summed E-state index contributed by atoms with van der Waals surface area (Å²) in [4.78, 5) is 21.0. The monoisotopic (exact) mass is 357 g/mol. The highest BCUT2D eigenvalue weighted by atomic mass is 16.3. The average Bonchev–Trinajstić information content (AvgIpc) is 3.30. The second-order valence-electron chi connectivity index (χ2n) is 5.99. The van der Waals surface area contributed by atoms with Crippen LogP contribution >= 0.6 is 0 Å². The van der Waals surface area contributed by atoms with E-state index in [-0.39, 0.29) is 5.91 Å². The van der Waals surface area contributed by atoms with Gasteiger partial charge in [0.05, 0.1) is 6.20 Å². The normalized spacial score (nSPS) is 10.4. The molecule has 7 heteroatoms. The zero-order chi connectivity index (χ0) is 18.8. The lowest BCUT2D eigenvalue weighted by Gasteiger charge is -2.05. The first-order valence-corrected chi connectivity index (χ1v) is 8.24. The van der Waals surface area contributed by atoms with Gasteiger partial charge in [0, 0.05) is 22.6 Å². The largest absolute Gasteiger partial charge is 0.450 e. The van der Waals surface area contributed by atoms with Crippen LogP contribution in [0.3, 0.4) is 0 Å². The Balaban J connectivity index is 1.53. The van der Waals surface area contributed by atoms with Gasteiger partial charge in [0.25, 0.3) is 5.91 Å². The SMILES string of the molecule is Cc1cc(C)n2ncc(C(=O)Nc3ccc(C#Cc4cocn4)cc3)c2n1. The molecule has 4 rings (SSSR count). The number of nitrogens with zero attached hydrogens (tertiary/aromatic N) is 4. The fraction of sp³-hybridized carbons (Fsp3) is 0.100. The first kappa shape index (κ1) is 16.5. The molecule has 0 radical (unpaired) electrons. The Morgan fingerprint density at radius 3 is 2.74 bits per heavy atom. The number of nitrogens with one attached hydrogen (secondary N) is 1. The van der Waals surface area contributed by atoms with Crippen LogP contribution in [-0.4, -0.2) is 25.5 Å². The fourth-order valence-electron chi connectivity index (χ4n) is 2.68. The topological polar surface area (TPSA) is 85.3 Å². The van der Waals surface area contributed by atoms with Crippen molar-refractivity contribution in [2.45, 2.75) is 13.8 Å². The summed E-state index contributed by atoms with van der Waals surface area (Å²) in [5.74, 6) is 5.62. The van der Waals surface area contributed by atoms with E-state index < -0.39 is 0 Å². The van der Waals surface area contributed by atoms with Crippen LogP contribution < -0.4 is 5.32 Å². The number of rotatable bonds is 2. The van der Waals surface area contributed by atoms with Crippen LogP contribution in [-0.2, 0) is 0 Å². The molecule has 0 bridgehead atoms. The minimum absolute atomic E-state index is 0.260. The summed E-state index contributed by atoms with van der Waals surface area (Å²) in [6, 6.07) is 9.15. The molecule has 1 aromatic carbocycles. The molecular formula is C20H15N5O2. The van der Waals surface area contributed by atoms with E-state index in [0.29, 0.717) is 22.6 Å². The van der Waals surface area contributed by atoms with Crippen LogP contribution in [0.5, 0.6) is 0 Å². The molecule has 0 aliphatic heterocycles. The van der Waals surface area contributed by atoms with E-state index in [9.17, 15) is 4.79 Å². The second kappa shape index (κ2) is 6.77. The Bertz CT molecular complexity index is 1180. The van der Waals surface area contributed by atoms with Crippen LogP contribution in [0.15, 0.2) is 53.6 Å². The molecule has 27 heavy (non-hydrogen) atoms. The number of carbonyl (C=O) groups excluding carboxylic acids is 1. The fourth-order valence-corrected chi connectivity index (χ4v) is 2.68. The maximum Gasteiger partial charge on any atom is 0.261 e. The molecular weight excluding hydrogens is 342 g/mol. The van der Waals surface area contributed by atoms with Crippen LogP contribution in [0.4, 0.5) is 5.69 Å². The van der Waals surface area contributed by atoms with Crippen molar-refractivity contribution in [3.8, 4) is 11.8 Å². The molecule has 0 aliphatic carbocycles. The molecule has 0 atom stereocenters. The standard InChI is InChI=1S/C20H15N5O2/c1-13-9-14(2)25-19(23-13)18(10-22-25)20(26)24-16-6-3-15(4-7-16)5-8-17-11-27-12-21-17/h3-4,6-7,9-12H,1-2H3,(H,24,26). The van der Waals surface area contributed by atoms with Crippen molar-refractivity contribution in [2.75, 3.05) is 5.32 Å². The van der Waals surface area contributed by atoms with Crippen LogP contribution in [0.1, 0.15) is 33.0 Å². The molecule has 0 spiro atoms. The number of hydrogen-bond donors (Lipinski definition) is 1. The van der Waals surface area contributed by atoms with Gasteiger partial charge in [-0.1, -0.05) is 5.92 Å². The summed E-state index contributed by atoms with van der Waals surface area (Å²) < 4.78 is 6.53. The lowest BCUT2D eigenvalue weighted by molar-refractivity contribution is 0.102. The van der Waals surface area contributed by atoms with E-state index in [1.54, 1.807) is 16.6 Å². The zero-order valence-electron chi connectivity index (χ0n) is 14.7. The van der Waals surface area contributed by atoms with E-state index >= 15 is 0 Å². The van der Waals surface area contributed by atoms with E-state index in [0.717, 1.165) is 17.0 Å². The molecule has 132 valence electrons. The van der Waals surface area contributed by atoms with E-state index in [1.807, 2.05) is 32.0 Å². The molecule has 0 aliphatic rings. The van der Waals surface area contributed by atoms with Crippen LogP contribution in [0, 0.1) is 25.7 Å². The van der Waals surface area contributed by atoms with Crippen molar-refractivity contribution in [1.29, 1.82) is 0 Å². The second-order valence-corrected chi connectivity index (χ2v) is 5.99. The van der Waals surface area contributed by atoms with Crippen molar-refractivity contribution >= 4 is 17.2 Å². The number of aromatic nitrogens is 4. The number of aryl methyl sites for hydroxylation is 2. The Hall–Kier alpha value is -3.92. The molecule has 1 N–H and O–H groups in total. The number of carbonyl (C=O) groups is 1. The highest BCUT2D eigenvalue weighted by molar-refractivity contribution is 6.08. The lowest BCUT2D eigenvalue weighted by atomic mass is 10.2. The Labute approximate surface area is 155 Å². The minimum Gasteiger partial charge on any atom is -0.450 e. The van der Waals surface area contributed by atoms with Gasteiger partial charge in [-0.3, -0.25) is 4.79 Å². The Morgan fingerprint density at radius 2 is 2.00 bits per heavy atom. The predicted molar refractivity (Wildman–Crippen MR) is 99.3 cm³/mol. The van der Waals surface area contributed by atoms with E-state index in [1.165, 1.54) is 18.9 Å². The van der Waals surface area contributed by atoms with Crippen molar-refractivity contribution < 1.29 is 9.21 Å². The number of amides is 1. The Morgan fingerprint density at radius 1 is 1.19 bits per heavy atom. The van der Waals surface area contributed by atoms with Gasteiger partial charge >= 0.3 is 0 Å². The summed E-state index contributed by atoms with van der Waals surface area (Å²) in [5.41, 5.74) is 4.77. The summed E-state index contributed by atoms with van der Waals surface area (Å²) in [7, 11) is 0. The Kier molecular flexibility index (Phi) is 4.15. The number of fused-ring (bicyclic) bond motifs is 1. The quantitative estimate of drug-likeness (QED) is 0.558. The summed E-state index contributed by atoms with van der Waals surface area (Å²) in [6.45, 7) is 3.82. The molecule has 1 amide bonds. The number of anilines is 1. The molecule has 0 fully saturated rings. The maximum absolute atomic E-state index is 12.6. The van der Waals surface area contributed by atoms with Crippen molar-refractivity contribution in [3.05, 3.63) is 77.4 Å². The van der Waals surface area contributed by atoms with Gasteiger partial charge in [0.15, 0.2) is 17.7 Å². The van der Waals surface area contributed by atoms with Gasteiger partial charge in [0.2, 0.25) is 0 Å². The van der Waals surface area contributed by atoms with E-state index in [2.05, 4.69) is 32.2 Å². The van der Waals surface area contributed by atoms with Gasteiger partial charge in [-0.25, -0.2) is 14.5 Å². The molecule has 0 saturated heterocycles. The van der Waals surface area contributed by atoms with Gasteiger partial charge in [0.1, 0.15) is 11.8 Å². The van der Waals surface area contributed by atoms with Crippen molar-refractivity contribution in [3.63, 3.8) is 0 Å². The van der Waals surface area contributed by atoms with Crippen LogP contribution in [0.25, 0.3) is 5.65 Å². The highest BCUT2D eigenvalue weighted by Gasteiger charge is 2.15. The molecule has 3 aromatic heterocycles. The first-order valence-electron chi connectivity index (χ1n) is 8.24. The number of benzene rings is 1. The predicted octanol–water partition coefficient (Wildman–Crippen LogP) is 2.99. The van der Waals surface area contributed by atoms with Crippen LogP contribution in [0.2, 0.25) is 0 Å². The smallest absolute Gasteiger partial charge is 0.261 e. The zero-order valence-corrected chi connectivity index (χ0v) is 14.7. The first-order chi connectivity index (χ1) is 13.1. The summed E-state index contributed by atoms with van der Waals surface area (Å²) in [6.07, 6.45) is 4.35. The third-order valence-corrected chi connectivity index (χ3v) is 3.93.